The highest BCUT2D eigenvalue weighted by Gasteiger charge is 2.12. The maximum absolute atomic E-state index is 11.5. The molecule has 0 atom stereocenters. The lowest BCUT2D eigenvalue weighted by Gasteiger charge is -2.20. The van der Waals surface area contributed by atoms with Gasteiger partial charge in [-0.25, -0.2) is 0 Å². The van der Waals surface area contributed by atoms with E-state index >= 15 is 0 Å². The molecule has 3 nitrogen and oxygen atoms in total. The van der Waals surface area contributed by atoms with Crippen molar-refractivity contribution < 1.29 is 4.79 Å². The van der Waals surface area contributed by atoms with Gasteiger partial charge >= 0.3 is 0 Å². The van der Waals surface area contributed by atoms with Crippen LogP contribution in [-0.2, 0) is 6.54 Å². The number of hydrogen-bond donors (Lipinski definition) is 0. The van der Waals surface area contributed by atoms with Gasteiger partial charge in [-0.3, -0.25) is 9.69 Å². The smallest absolute Gasteiger partial charge is 0.161 e. The van der Waals surface area contributed by atoms with Crippen LogP contribution in [0.5, 0.6) is 0 Å². The van der Waals surface area contributed by atoms with Crippen molar-refractivity contribution in [3.8, 4) is 11.1 Å². The van der Waals surface area contributed by atoms with Crippen LogP contribution in [0, 0.1) is 0 Å². The summed E-state index contributed by atoms with van der Waals surface area (Å²) < 4.78 is 0. The Morgan fingerprint density at radius 2 is 1.72 bits per heavy atom. The van der Waals surface area contributed by atoms with E-state index in [2.05, 4.69) is 41.1 Å². The van der Waals surface area contributed by atoms with E-state index in [1.807, 2.05) is 18.2 Å². The molecule has 132 valence electrons. The molecule has 2 aromatic rings. The second-order valence-corrected chi connectivity index (χ2v) is 7.29. The van der Waals surface area contributed by atoms with Gasteiger partial charge in [-0.2, -0.15) is 0 Å². The molecule has 3 rings (SSSR count). The van der Waals surface area contributed by atoms with Gasteiger partial charge < -0.3 is 4.90 Å². The van der Waals surface area contributed by atoms with E-state index in [0.29, 0.717) is 10.6 Å². The van der Waals surface area contributed by atoms with Gasteiger partial charge in [0.15, 0.2) is 5.78 Å². The first-order valence-corrected chi connectivity index (χ1v) is 9.21. The largest absolute Gasteiger partial charge is 0.305 e. The minimum absolute atomic E-state index is 0.00464. The summed E-state index contributed by atoms with van der Waals surface area (Å²) in [6.07, 6.45) is 1.23. The molecule has 0 unspecified atom stereocenters. The van der Waals surface area contributed by atoms with Gasteiger partial charge in [0, 0.05) is 25.2 Å². The monoisotopic (exact) mass is 356 g/mol. The number of carbonyl (C=O) groups excluding carboxylic acids is 1. The summed E-state index contributed by atoms with van der Waals surface area (Å²) in [6, 6.07) is 14.3. The Balaban J connectivity index is 1.70. The lowest BCUT2D eigenvalue weighted by Crippen LogP contribution is -2.28. The fourth-order valence-corrected chi connectivity index (χ4v) is 3.61. The average molecular weight is 357 g/mol. The normalized spacial score (nSPS) is 16.6. The van der Waals surface area contributed by atoms with Gasteiger partial charge in [0.1, 0.15) is 0 Å². The third kappa shape index (κ3) is 4.69. The molecule has 1 aliphatic rings. The summed E-state index contributed by atoms with van der Waals surface area (Å²) in [5.41, 5.74) is 4.07. The van der Waals surface area contributed by atoms with E-state index in [9.17, 15) is 4.79 Å². The summed E-state index contributed by atoms with van der Waals surface area (Å²) in [4.78, 5) is 16.4. The number of likely N-dealkylation sites (N-methyl/N-ethyl adjacent to an activating group) is 1. The zero-order valence-corrected chi connectivity index (χ0v) is 15.7. The number of benzene rings is 2. The Bertz CT molecular complexity index is 742. The molecule has 25 heavy (non-hydrogen) atoms. The van der Waals surface area contributed by atoms with Gasteiger partial charge in [-0.15, -0.1) is 0 Å². The number of hydrogen-bond acceptors (Lipinski definition) is 3. The van der Waals surface area contributed by atoms with E-state index in [4.69, 9.17) is 11.6 Å². The van der Waals surface area contributed by atoms with Crippen LogP contribution in [0.1, 0.15) is 29.3 Å². The van der Waals surface area contributed by atoms with Crippen LogP contribution < -0.4 is 0 Å². The highest BCUT2D eigenvalue weighted by Crippen LogP contribution is 2.26. The summed E-state index contributed by atoms with van der Waals surface area (Å²) in [7, 11) is 2.20. The zero-order chi connectivity index (χ0) is 17.8. The Morgan fingerprint density at radius 1 is 1.00 bits per heavy atom. The summed E-state index contributed by atoms with van der Waals surface area (Å²) in [5.74, 6) is -0.00464. The third-order valence-corrected chi connectivity index (χ3v) is 5.17. The maximum atomic E-state index is 11.5. The second kappa shape index (κ2) is 8.13. The third-order valence-electron chi connectivity index (χ3n) is 4.85. The SMILES string of the molecule is CC(=O)c1ccc(-c2ccc(CN3CCCN(C)CC3)cc2)cc1Cl. The van der Waals surface area contributed by atoms with E-state index in [-0.39, 0.29) is 5.78 Å². The molecule has 0 saturated carbocycles. The predicted octanol–water partition coefficient (Wildman–Crippen LogP) is 4.35. The van der Waals surface area contributed by atoms with Crippen molar-refractivity contribution in [3.05, 3.63) is 58.6 Å². The number of carbonyl (C=O) groups is 1. The van der Waals surface area contributed by atoms with Crippen LogP contribution >= 0.6 is 11.6 Å². The molecule has 1 fully saturated rings. The maximum Gasteiger partial charge on any atom is 0.161 e. The van der Waals surface area contributed by atoms with Gasteiger partial charge in [0.25, 0.3) is 0 Å². The molecule has 4 heteroatoms. The number of Topliss-reactive ketones (excluding diaryl/α,β-unsaturated/α-hetero) is 1. The number of nitrogens with zero attached hydrogens (tertiary/aromatic N) is 2. The first kappa shape index (κ1) is 18.1. The minimum Gasteiger partial charge on any atom is -0.305 e. The molecule has 0 aromatic heterocycles. The zero-order valence-electron chi connectivity index (χ0n) is 15.0. The van der Waals surface area contributed by atoms with Crippen molar-refractivity contribution >= 4 is 17.4 Å². The summed E-state index contributed by atoms with van der Waals surface area (Å²) in [6.45, 7) is 7.15. The summed E-state index contributed by atoms with van der Waals surface area (Å²) >= 11 is 6.23. The molecular weight excluding hydrogens is 332 g/mol. The Labute approximate surface area is 155 Å². The van der Waals surface area contributed by atoms with Crippen molar-refractivity contribution in [2.75, 3.05) is 33.2 Å². The standard InChI is InChI=1S/C21H25ClN2O/c1-16(25)20-9-8-19(14-21(20)22)18-6-4-17(5-7-18)15-24-11-3-10-23(2)12-13-24/h4-9,14H,3,10-13,15H2,1-2H3. The fourth-order valence-electron chi connectivity index (χ4n) is 3.30. The molecule has 0 radical (unpaired) electrons. The molecule has 0 spiro atoms. The lowest BCUT2D eigenvalue weighted by molar-refractivity contribution is 0.101. The quantitative estimate of drug-likeness (QED) is 0.761. The average Bonchev–Trinajstić information content (AvgIpc) is 2.79. The molecule has 0 bridgehead atoms. The second-order valence-electron chi connectivity index (χ2n) is 6.88. The van der Waals surface area contributed by atoms with Crippen LogP contribution in [-0.4, -0.2) is 48.8 Å². The van der Waals surface area contributed by atoms with Gasteiger partial charge in [-0.05, 0) is 62.3 Å². The number of ketones is 1. The highest BCUT2D eigenvalue weighted by molar-refractivity contribution is 6.34. The molecule has 2 aromatic carbocycles. The van der Waals surface area contributed by atoms with E-state index < -0.39 is 0 Å². The van der Waals surface area contributed by atoms with Crippen molar-refractivity contribution in [2.45, 2.75) is 19.9 Å². The van der Waals surface area contributed by atoms with Gasteiger partial charge in [0.05, 0.1) is 5.02 Å². The van der Waals surface area contributed by atoms with Crippen LogP contribution in [0.4, 0.5) is 0 Å². The molecule has 1 aliphatic heterocycles. The van der Waals surface area contributed by atoms with Crippen molar-refractivity contribution in [1.82, 2.24) is 9.80 Å². The first-order valence-electron chi connectivity index (χ1n) is 8.83. The van der Waals surface area contributed by atoms with Crippen LogP contribution in [0.3, 0.4) is 0 Å². The van der Waals surface area contributed by atoms with Gasteiger partial charge in [-0.1, -0.05) is 41.9 Å². The van der Waals surface area contributed by atoms with E-state index in [0.717, 1.165) is 37.3 Å². The van der Waals surface area contributed by atoms with Crippen LogP contribution in [0.2, 0.25) is 5.02 Å². The summed E-state index contributed by atoms with van der Waals surface area (Å²) in [5, 5.41) is 0.516. The Hall–Kier alpha value is -1.68. The van der Waals surface area contributed by atoms with E-state index in [1.165, 1.54) is 25.5 Å². The van der Waals surface area contributed by atoms with Crippen molar-refractivity contribution in [1.29, 1.82) is 0 Å². The Kier molecular flexibility index (Phi) is 5.89. The highest BCUT2D eigenvalue weighted by atomic mass is 35.5. The molecule has 0 N–H and O–H groups in total. The molecular formula is C21H25ClN2O. The molecule has 1 heterocycles. The number of halogens is 1. The Morgan fingerprint density at radius 3 is 2.40 bits per heavy atom. The predicted molar refractivity (Wildman–Crippen MR) is 104 cm³/mol. The fraction of sp³-hybridized carbons (Fsp3) is 0.381. The first-order chi connectivity index (χ1) is 12.0. The minimum atomic E-state index is -0.00464. The topological polar surface area (TPSA) is 23.6 Å². The van der Waals surface area contributed by atoms with Crippen molar-refractivity contribution in [3.63, 3.8) is 0 Å². The molecule has 1 saturated heterocycles. The van der Waals surface area contributed by atoms with E-state index in [1.54, 1.807) is 0 Å². The molecule has 0 amide bonds. The van der Waals surface area contributed by atoms with Crippen molar-refractivity contribution in [2.24, 2.45) is 0 Å². The van der Waals surface area contributed by atoms with Gasteiger partial charge in [0.2, 0.25) is 0 Å². The lowest BCUT2D eigenvalue weighted by atomic mass is 10.0. The molecule has 0 aliphatic carbocycles. The van der Waals surface area contributed by atoms with Crippen LogP contribution in [0.25, 0.3) is 11.1 Å². The van der Waals surface area contributed by atoms with Crippen LogP contribution in [0.15, 0.2) is 42.5 Å². The number of rotatable bonds is 4.